The molecule has 4 rings (SSSR count). The quantitative estimate of drug-likeness (QED) is 0.370. The van der Waals surface area contributed by atoms with Crippen molar-refractivity contribution in [3.05, 3.63) is 70.9 Å². The molecule has 1 aliphatic carbocycles. The van der Waals surface area contributed by atoms with E-state index in [-0.39, 0.29) is 19.0 Å². The van der Waals surface area contributed by atoms with Gasteiger partial charge in [-0.05, 0) is 51.0 Å². The zero-order valence-corrected chi connectivity index (χ0v) is 22.4. The molecule has 0 radical (unpaired) electrons. The van der Waals surface area contributed by atoms with E-state index in [1.54, 1.807) is 41.1 Å². The molecule has 2 aromatic carbocycles. The van der Waals surface area contributed by atoms with Crippen molar-refractivity contribution >= 4 is 23.4 Å². The average molecular weight is 520 g/mol. The predicted octanol–water partition coefficient (Wildman–Crippen LogP) is 4.63. The number of esters is 2. The zero-order chi connectivity index (χ0) is 27.4. The Bertz CT molecular complexity index is 1300. The van der Waals surface area contributed by atoms with Gasteiger partial charge in [-0.1, -0.05) is 30.3 Å². The number of carbonyl (C=O) groups excluding carboxylic acids is 3. The molecular formula is C30H33NO7. The van der Waals surface area contributed by atoms with Crippen LogP contribution in [-0.4, -0.2) is 50.9 Å². The van der Waals surface area contributed by atoms with Crippen LogP contribution in [0.2, 0.25) is 0 Å². The third-order valence-electron chi connectivity index (χ3n) is 7.18. The van der Waals surface area contributed by atoms with Gasteiger partial charge in [-0.3, -0.25) is 14.6 Å². The van der Waals surface area contributed by atoms with Crippen LogP contribution in [0.15, 0.2) is 64.8 Å². The summed E-state index contributed by atoms with van der Waals surface area (Å²) in [5.41, 5.74) is 2.83. The molecule has 2 aromatic rings. The van der Waals surface area contributed by atoms with E-state index in [4.69, 9.17) is 23.9 Å². The van der Waals surface area contributed by atoms with E-state index in [0.717, 1.165) is 5.56 Å². The van der Waals surface area contributed by atoms with E-state index in [1.807, 2.05) is 42.5 Å². The van der Waals surface area contributed by atoms with Gasteiger partial charge in [0, 0.05) is 28.8 Å². The summed E-state index contributed by atoms with van der Waals surface area (Å²) < 4.78 is 21.8. The van der Waals surface area contributed by atoms with Crippen LogP contribution in [0.4, 0.5) is 0 Å². The van der Waals surface area contributed by atoms with Crippen LogP contribution in [0.1, 0.15) is 50.2 Å². The van der Waals surface area contributed by atoms with Crippen molar-refractivity contribution in [2.75, 3.05) is 27.4 Å². The second kappa shape index (κ2) is 11.6. The van der Waals surface area contributed by atoms with Crippen LogP contribution in [0.5, 0.6) is 11.5 Å². The largest absolute Gasteiger partial charge is 0.497 e. The molecule has 0 aromatic heterocycles. The number of benzene rings is 2. The first-order valence-electron chi connectivity index (χ1n) is 12.8. The van der Waals surface area contributed by atoms with Crippen molar-refractivity contribution in [1.29, 1.82) is 0 Å². The van der Waals surface area contributed by atoms with Gasteiger partial charge in [-0.25, -0.2) is 4.79 Å². The number of methoxy groups -OCH3 is 2. The number of nitrogens with zero attached hydrogens (tertiary/aromatic N) is 1. The minimum Gasteiger partial charge on any atom is -0.497 e. The van der Waals surface area contributed by atoms with Gasteiger partial charge in [0.1, 0.15) is 17.4 Å². The summed E-state index contributed by atoms with van der Waals surface area (Å²) in [5, 5.41) is 0. The summed E-state index contributed by atoms with van der Waals surface area (Å²) >= 11 is 0. The van der Waals surface area contributed by atoms with Gasteiger partial charge in [-0.15, -0.1) is 0 Å². The molecule has 1 fully saturated rings. The molecule has 1 heterocycles. The summed E-state index contributed by atoms with van der Waals surface area (Å²) in [6.07, 6.45) is 0.339. The third-order valence-corrected chi connectivity index (χ3v) is 7.18. The van der Waals surface area contributed by atoms with Crippen LogP contribution in [0.25, 0.3) is 0 Å². The molecular weight excluding hydrogens is 486 g/mol. The smallest absolute Gasteiger partial charge is 0.336 e. The third kappa shape index (κ3) is 4.95. The Kier molecular flexibility index (Phi) is 8.29. The highest BCUT2D eigenvalue weighted by molar-refractivity contribution is 6.18. The van der Waals surface area contributed by atoms with Crippen molar-refractivity contribution in [3.63, 3.8) is 0 Å². The molecule has 200 valence electrons. The van der Waals surface area contributed by atoms with Crippen LogP contribution >= 0.6 is 0 Å². The zero-order valence-electron chi connectivity index (χ0n) is 22.4. The van der Waals surface area contributed by atoms with E-state index < -0.39 is 35.6 Å². The van der Waals surface area contributed by atoms with E-state index in [2.05, 4.69) is 0 Å². The number of hydrogen-bond donors (Lipinski definition) is 0. The minimum atomic E-state index is -1.08. The lowest BCUT2D eigenvalue weighted by atomic mass is 9.62. The molecule has 38 heavy (non-hydrogen) atoms. The van der Waals surface area contributed by atoms with Crippen molar-refractivity contribution in [2.24, 2.45) is 16.8 Å². The highest BCUT2D eigenvalue weighted by Gasteiger charge is 2.53. The van der Waals surface area contributed by atoms with E-state index in [1.165, 1.54) is 0 Å². The monoisotopic (exact) mass is 519 g/mol. The Labute approximate surface area is 222 Å². The van der Waals surface area contributed by atoms with E-state index in [0.29, 0.717) is 40.5 Å². The number of aliphatic imine (C=N–C) groups is 1. The first kappa shape index (κ1) is 27.1. The van der Waals surface area contributed by atoms with E-state index in [9.17, 15) is 14.4 Å². The first-order valence-corrected chi connectivity index (χ1v) is 12.8. The maximum Gasteiger partial charge on any atom is 0.336 e. The lowest BCUT2D eigenvalue weighted by Crippen LogP contribution is -2.48. The van der Waals surface area contributed by atoms with Gasteiger partial charge in [0.25, 0.3) is 0 Å². The Morgan fingerprint density at radius 1 is 0.947 bits per heavy atom. The number of ketones is 1. The van der Waals surface area contributed by atoms with Gasteiger partial charge in [0.05, 0.1) is 38.9 Å². The first-order chi connectivity index (χ1) is 18.4. The van der Waals surface area contributed by atoms with Crippen molar-refractivity contribution < 1.29 is 33.3 Å². The molecule has 0 N–H and O–H groups in total. The fourth-order valence-electron chi connectivity index (χ4n) is 5.60. The average Bonchev–Trinajstić information content (AvgIpc) is 2.92. The van der Waals surface area contributed by atoms with Crippen LogP contribution in [-0.2, 0) is 23.9 Å². The van der Waals surface area contributed by atoms with Crippen LogP contribution < -0.4 is 9.47 Å². The van der Waals surface area contributed by atoms with Crippen LogP contribution in [0.3, 0.4) is 0 Å². The summed E-state index contributed by atoms with van der Waals surface area (Å²) in [6.45, 7) is 5.50. The molecule has 8 nitrogen and oxygen atoms in total. The Hall–Kier alpha value is -3.94. The lowest BCUT2D eigenvalue weighted by Gasteiger charge is -2.41. The lowest BCUT2D eigenvalue weighted by molar-refractivity contribution is -0.153. The fourth-order valence-corrected chi connectivity index (χ4v) is 5.60. The summed E-state index contributed by atoms with van der Waals surface area (Å²) in [7, 11) is 3.11. The summed E-state index contributed by atoms with van der Waals surface area (Å²) in [4.78, 5) is 45.7. The Balaban J connectivity index is 1.92. The molecule has 0 saturated heterocycles. The SMILES string of the molecule is CCOC(=O)C1=C(C)N=C2C[C@H](c3cccc(OC)c3)[C@@H](C(=O)OCC)C(=O)C2[C@@H]1c1ccccc1OC. The molecule has 1 unspecified atom stereocenters. The maximum atomic E-state index is 14.4. The number of ether oxygens (including phenoxy) is 4. The molecule has 8 heteroatoms. The molecule has 2 aliphatic rings. The Morgan fingerprint density at radius 3 is 2.37 bits per heavy atom. The van der Waals surface area contributed by atoms with E-state index >= 15 is 0 Å². The number of para-hydroxylation sites is 1. The number of fused-ring (bicyclic) bond motifs is 1. The van der Waals surface area contributed by atoms with Gasteiger partial charge >= 0.3 is 11.9 Å². The Morgan fingerprint density at radius 2 is 1.68 bits per heavy atom. The second-order valence-electron chi connectivity index (χ2n) is 9.24. The molecule has 0 spiro atoms. The number of hydrogen-bond acceptors (Lipinski definition) is 8. The van der Waals surface area contributed by atoms with Gasteiger partial charge < -0.3 is 18.9 Å². The van der Waals surface area contributed by atoms with Crippen LogP contribution in [0, 0.1) is 11.8 Å². The van der Waals surface area contributed by atoms with Gasteiger partial charge in [0.15, 0.2) is 5.78 Å². The van der Waals surface area contributed by atoms with Crippen molar-refractivity contribution in [1.82, 2.24) is 0 Å². The molecule has 0 amide bonds. The van der Waals surface area contributed by atoms with Crippen molar-refractivity contribution in [2.45, 2.75) is 39.0 Å². The molecule has 4 atom stereocenters. The number of carbonyl (C=O) groups is 3. The topological polar surface area (TPSA) is 100 Å². The molecule has 1 aliphatic heterocycles. The number of rotatable bonds is 8. The normalized spacial score (nSPS) is 22.8. The highest BCUT2D eigenvalue weighted by atomic mass is 16.5. The van der Waals surface area contributed by atoms with Gasteiger partial charge in [0.2, 0.25) is 0 Å². The standard InChI is InChI=1S/C30H33NO7/c1-6-37-29(33)24-17(3)31-22-16-21(18-11-10-12-19(15-18)35-4)26(30(34)38-7-2)28(32)27(22)25(24)20-13-8-9-14-23(20)36-5/h8-15,21,25-27H,6-7,16H2,1-5H3/t21-,25-,26-,27?/m1/s1. The van der Waals surface area contributed by atoms with Gasteiger partial charge in [-0.2, -0.15) is 0 Å². The number of Topliss-reactive ketones (excluding diaryl/α,β-unsaturated/α-hetero) is 1. The minimum absolute atomic E-state index is 0.141. The molecule has 1 saturated carbocycles. The highest BCUT2D eigenvalue weighted by Crippen LogP contribution is 2.50. The van der Waals surface area contributed by atoms with Crippen molar-refractivity contribution in [3.8, 4) is 11.5 Å². The second-order valence-corrected chi connectivity index (χ2v) is 9.24. The predicted molar refractivity (Wildman–Crippen MR) is 141 cm³/mol. The fraction of sp³-hybridized carbons (Fsp3) is 0.400. The molecule has 0 bridgehead atoms. The summed E-state index contributed by atoms with van der Waals surface area (Å²) in [5.74, 6) is -3.48. The maximum absolute atomic E-state index is 14.4. The summed E-state index contributed by atoms with van der Waals surface area (Å²) in [6, 6.07) is 14.6. The number of allylic oxidation sites excluding steroid dienone is 1.